The molecule has 0 N–H and O–H groups in total. The number of anilines is 1. The average molecular weight is 385 g/mol. The Labute approximate surface area is 158 Å². The molecule has 0 radical (unpaired) electrons. The topological polar surface area (TPSA) is 46.6 Å². The highest BCUT2D eigenvalue weighted by molar-refractivity contribution is 7.92. The molecule has 4 nitrogen and oxygen atoms in total. The lowest BCUT2D eigenvalue weighted by atomic mass is 10.1. The third-order valence-corrected chi connectivity index (χ3v) is 6.24. The van der Waals surface area contributed by atoms with E-state index in [2.05, 4.69) is 0 Å². The predicted octanol–water partition coefficient (Wildman–Crippen LogP) is 4.79. The molecule has 0 fully saturated rings. The van der Waals surface area contributed by atoms with Crippen molar-refractivity contribution in [2.45, 2.75) is 17.9 Å². The Morgan fingerprint density at radius 3 is 2.04 bits per heavy atom. The zero-order chi connectivity index (χ0) is 19.4. The molecule has 0 bridgehead atoms. The molecule has 1 unspecified atom stereocenters. The van der Waals surface area contributed by atoms with Crippen molar-refractivity contribution in [3.05, 3.63) is 90.2 Å². The standard InChI is InChI=1S/C21H20FNO3S/c1-16(17-6-4-3-5-7-17)23(19-10-8-18(22)9-11-19)27(24,25)21-14-12-20(26-2)13-15-21/h3-16H,1-2H3. The third kappa shape index (κ3) is 3.95. The first kappa shape index (κ1) is 18.9. The van der Waals surface area contributed by atoms with Crippen molar-refractivity contribution >= 4 is 15.7 Å². The van der Waals surface area contributed by atoms with Gasteiger partial charge in [-0.3, -0.25) is 4.31 Å². The largest absolute Gasteiger partial charge is 0.497 e. The van der Waals surface area contributed by atoms with Crippen LogP contribution < -0.4 is 9.04 Å². The number of halogens is 1. The van der Waals surface area contributed by atoms with Crippen LogP contribution in [0.5, 0.6) is 5.75 Å². The zero-order valence-electron chi connectivity index (χ0n) is 15.0. The van der Waals surface area contributed by atoms with Gasteiger partial charge in [0, 0.05) is 0 Å². The minimum atomic E-state index is -3.88. The number of hydrogen-bond acceptors (Lipinski definition) is 3. The molecule has 0 saturated carbocycles. The number of hydrogen-bond donors (Lipinski definition) is 0. The molecule has 0 spiro atoms. The number of rotatable bonds is 6. The van der Waals surface area contributed by atoms with E-state index < -0.39 is 21.9 Å². The van der Waals surface area contributed by atoms with E-state index >= 15 is 0 Å². The molecule has 1 atom stereocenters. The molecular formula is C21H20FNO3S. The van der Waals surface area contributed by atoms with Crippen LogP contribution in [0.3, 0.4) is 0 Å². The van der Waals surface area contributed by atoms with Gasteiger partial charge in [0.1, 0.15) is 11.6 Å². The predicted molar refractivity (Wildman–Crippen MR) is 104 cm³/mol. The average Bonchev–Trinajstić information content (AvgIpc) is 2.70. The van der Waals surface area contributed by atoms with Gasteiger partial charge in [0.2, 0.25) is 0 Å². The molecule has 3 aromatic carbocycles. The van der Waals surface area contributed by atoms with E-state index in [4.69, 9.17) is 4.74 Å². The highest BCUT2D eigenvalue weighted by Crippen LogP contribution is 2.33. The highest BCUT2D eigenvalue weighted by Gasteiger charge is 2.30. The summed E-state index contributed by atoms with van der Waals surface area (Å²) in [5.74, 6) is 0.145. The molecular weight excluding hydrogens is 365 g/mol. The SMILES string of the molecule is COc1ccc(S(=O)(=O)N(c2ccc(F)cc2)C(C)c2ccccc2)cc1. The number of benzene rings is 3. The number of ether oxygens (including phenoxy) is 1. The summed E-state index contributed by atoms with van der Waals surface area (Å²) in [5, 5.41) is 0. The summed E-state index contributed by atoms with van der Waals surface area (Å²) in [6.07, 6.45) is 0. The van der Waals surface area contributed by atoms with Gasteiger partial charge in [0.25, 0.3) is 10.0 Å². The number of methoxy groups -OCH3 is 1. The molecule has 6 heteroatoms. The third-order valence-electron chi connectivity index (χ3n) is 4.33. The first-order chi connectivity index (χ1) is 12.9. The van der Waals surface area contributed by atoms with E-state index in [-0.39, 0.29) is 4.90 Å². The number of sulfonamides is 1. The van der Waals surface area contributed by atoms with E-state index in [1.807, 2.05) is 30.3 Å². The van der Waals surface area contributed by atoms with E-state index in [0.717, 1.165) is 5.56 Å². The second-order valence-corrected chi connectivity index (χ2v) is 7.85. The van der Waals surface area contributed by atoms with Crippen LogP contribution in [0.4, 0.5) is 10.1 Å². The van der Waals surface area contributed by atoms with Gasteiger partial charge < -0.3 is 4.74 Å². The molecule has 27 heavy (non-hydrogen) atoms. The fourth-order valence-corrected chi connectivity index (χ4v) is 4.53. The van der Waals surface area contributed by atoms with E-state index in [1.54, 1.807) is 19.1 Å². The normalized spacial score (nSPS) is 12.4. The summed E-state index contributed by atoms with van der Waals surface area (Å²) in [4.78, 5) is 0.135. The lowest BCUT2D eigenvalue weighted by Crippen LogP contribution is -2.33. The fraction of sp³-hybridized carbons (Fsp3) is 0.143. The van der Waals surface area contributed by atoms with Gasteiger partial charge in [-0.2, -0.15) is 0 Å². The van der Waals surface area contributed by atoms with Gasteiger partial charge in [-0.1, -0.05) is 30.3 Å². The summed E-state index contributed by atoms with van der Waals surface area (Å²) in [6.45, 7) is 1.81. The Kier molecular flexibility index (Phi) is 5.46. The second-order valence-electron chi connectivity index (χ2n) is 6.04. The lowest BCUT2D eigenvalue weighted by Gasteiger charge is -2.31. The Bertz CT molecular complexity index is 988. The van der Waals surface area contributed by atoms with E-state index in [9.17, 15) is 12.8 Å². The van der Waals surface area contributed by atoms with Crippen molar-refractivity contribution in [1.29, 1.82) is 0 Å². The van der Waals surface area contributed by atoms with Gasteiger partial charge in [-0.05, 0) is 61.0 Å². The van der Waals surface area contributed by atoms with Crippen molar-refractivity contribution in [2.75, 3.05) is 11.4 Å². The molecule has 0 heterocycles. The van der Waals surface area contributed by atoms with Crippen LogP contribution in [-0.2, 0) is 10.0 Å². The van der Waals surface area contributed by atoms with Gasteiger partial charge in [0.15, 0.2) is 0 Å². The summed E-state index contributed by atoms with van der Waals surface area (Å²) >= 11 is 0. The lowest BCUT2D eigenvalue weighted by molar-refractivity contribution is 0.414. The Morgan fingerprint density at radius 1 is 0.889 bits per heavy atom. The Morgan fingerprint density at radius 2 is 1.48 bits per heavy atom. The summed E-state index contributed by atoms with van der Waals surface area (Å²) < 4.78 is 46.7. The quantitative estimate of drug-likeness (QED) is 0.613. The summed E-state index contributed by atoms with van der Waals surface area (Å²) in [5.41, 5.74) is 1.22. The van der Waals surface area contributed by atoms with Crippen LogP contribution in [0, 0.1) is 5.82 Å². The Balaban J connectivity index is 2.11. The molecule has 0 aromatic heterocycles. The minimum Gasteiger partial charge on any atom is -0.497 e. The maximum absolute atomic E-state index is 13.4. The van der Waals surface area contributed by atoms with Crippen LogP contribution in [-0.4, -0.2) is 15.5 Å². The van der Waals surface area contributed by atoms with Crippen molar-refractivity contribution in [2.24, 2.45) is 0 Å². The van der Waals surface area contributed by atoms with E-state index in [0.29, 0.717) is 11.4 Å². The van der Waals surface area contributed by atoms with Crippen molar-refractivity contribution < 1.29 is 17.5 Å². The second kappa shape index (κ2) is 7.80. The van der Waals surface area contributed by atoms with Gasteiger partial charge >= 0.3 is 0 Å². The van der Waals surface area contributed by atoms with Crippen molar-refractivity contribution in [3.63, 3.8) is 0 Å². The first-order valence-electron chi connectivity index (χ1n) is 8.42. The van der Waals surface area contributed by atoms with Gasteiger partial charge in [-0.25, -0.2) is 12.8 Å². The van der Waals surface area contributed by atoms with E-state index in [1.165, 1.54) is 47.8 Å². The molecule has 3 rings (SSSR count). The maximum atomic E-state index is 13.4. The number of nitrogens with zero attached hydrogens (tertiary/aromatic N) is 1. The molecule has 3 aromatic rings. The van der Waals surface area contributed by atoms with Gasteiger partial charge in [0.05, 0.1) is 23.7 Å². The fourth-order valence-electron chi connectivity index (χ4n) is 2.89. The monoisotopic (exact) mass is 385 g/mol. The summed E-state index contributed by atoms with van der Waals surface area (Å²) in [7, 11) is -2.36. The zero-order valence-corrected chi connectivity index (χ0v) is 15.9. The highest BCUT2D eigenvalue weighted by atomic mass is 32.2. The smallest absolute Gasteiger partial charge is 0.264 e. The van der Waals surface area contributed by atoms with Crippen LogP contribution >= 0.6 is 0 Å². The maximum Gasteiger partial charge on any atom is 0.264 e. The summed E-state index contributed by atoms with van der Waals surface area (Å²) in [6, 6.07) is 20.5. The Hall–Kier alpha value is -2.86. The molecule has 0 amide bonds. The first-order valence-corrected chi connectivity index (χ1v) is 9.86. The van der Waals surface area contributed by atoms with Crippen LogP contribution in [0.1, 0.15) is 18.5 Å². The van der Waals surface area contributed by atoms with Crippen LogP contribution in [0.2, 0.25) is 0 Å². The molecule has 140 valence electrons. The molecule has 0 aliphatic rings. The van der Waals surface area contributed by atoms with Crippen molar-refractivity contribution in [3.8, 4) is 5.75 Å². The molecule has 0 aliphatic heterocycles. The minimum absolute atomic E-state index is 0.135. The molecule has 0 aliphatic carbocycles. The van der Waals surface area contributed by atoms with Crippen LogP contribution in [0.15, 0.2) is 83.8 Å². The molecule has 0 saturated heterocycles. The van der Waals surface area contributed by atoms with Crippen LogP contribution in [0.25, 0.3) is 0 Å². The van der Waals surface area contributed by atoms with Gasteiger partial charge in [-0.15, -0.1) is 0 Å². The van der Waals surface area contributed by atoms with Crippen molar-refractivity contribution in [1.82, 2.24) is 0 Å².